The Morgan fingerprint density at radius 1 is 1.08 bits per heavy atom. The van der Waals surface area contributed by atoms with Gasteiger partial charge in [0.15, 0.2) is 11.5 Å². The molecule has 194 valence electrons. The van der Waals surface area contributed by atoms with Crippen LogP contribution in [0.4, 0.5) is 17.3 Å². The second kappa shape index (κ2) is 9.16. The third kappa shape index (κ3) is 4.14. The number of piperazine rings is 1. The Bertz CT molecular complexity index is 1750. The molecule has 7 rings (SSSR count). The number of benzene rings is 1. The van der Waals surface area contributed by atoms with Gasteiger partial charge >= 0.3 is 0 Å². The maximum atomic E-state index is 12.2. The standard InChI is InChI=1S/C29H27N9O/c1-3-27(39)37-15-22-13-23(37)14-36(22)25-7-6-24-28(35-25)29(32-16-30-24)34-21-5-4-20(18(2)10-21)11-19-8-9-38-26(12-19)31-17-33-38/h3-10,12,16-17,22-23H,1,11,13-15H2,2H3,(H,30,32,34). The number of rotatable bonds is 6. The summed E-state index contributed by atoms with van der Waals surface area (Å²) in [7, 11) is 0. The van der Waals surface area contributed by atoms with Crippen LogP contribution in [0.5, 0.6) is 0 Å². The summed E-state index contributed by atoms with van der Waals surface area (Å²) < 4.78 is 1.77. The number of aromatic nitrogens is 6. The number of amides is 1. The number of carbonyl (C=O) groups excluding carboxylic acids is 1. The molecule has 10 nitrogen and oxygen atoms in total. The van der Waals surface area contributed by atoms with Gasteiger partial charge < -0.3 is 15.1 Å². The Hall–Kier alpha value is -4.86. The second-order valence-corrected chi connectivity index (χ2v) is 10.2. The maximum absolute atomic E-state index is 12.2. The van der Waals surface area contributed by atoms with Crippen molar-refractivity contribution in [3.05, 3.63) is 90.7 Å². The van der Waals surface area contributed by atoms with Gasteiger partial charge in [0.05, 0.1) is 17.6 Å². The number of aryl methyl sites for hydroxylation is 1. The topological polar surface area (TPSA) is 104 Å². The molecular formula is C29H27N9O. The fourth-order valence-electron chi connectivity index (χ4n) is 5.81. The zero-order valence-corrected chi connectivity index (χ0v) is 21.5. The van der Waals surface area contributed by atoms with E-state index in [9.17, 15) is 4.79 Å². The highest BCUT2D eigenvalue weighted by atomic mass is 16.2. The molecule has 0 radical (unpaired) electrons. The number of hydrogen-bond donors (Lipinski definition) is 1. The molecule has 2 bridgehead atoms. The molecule has 5 aromatic rings. The Morgan fingerprint density at radius 2 is 2.00 bits per heavy atom. The van der Waals surface area contributed by atoms with E-state index in [-0.39, 0.29) is 18.0 Å². The third-order valence-electron chi connectivity index (χ3n) is 7.80. The van der Waals surface area contributed by atoms with Crippen molar-refractivity contribution in [2.45, 2.75) is 31.8 Å². The highest BCUT2D eigenvalue weighted by Gasteiger charge is 2.45. The number of carbonyl (C=O) groups is 1. The number of pyridine rings is 2. The van der Waals surface area contributed by atoms with Gasteiger partial charge in [0, 0.05) is 25.0 Å². The van der Waals surface area contributed by atoms with E-state index in [4.69, 9.17) is 4.98 Å². The summed E-state index contributed by atoms with van der Waals surface area (Å²) in [6.45, 7) is 7.22. The number of nitrogens with zero attached hydrogens (tertiary/aromatic N) is 8. The molecular weight excluding hydrogens is 490 g/mol. The minimum Gasteiger partial charge on any atom is -0.350 e. The van der Waals surface area contributed by atoms with Crippen LogP contribution in [0, 0.1) is 6.92 Å². The summed E-state index contributed by atoms with van der Waals surface area (Å²) >= 11 is 0. The lowest BCUT2D eigenvalue weighted by molar-refractivity contribution is -0.127. The first-order valence-corrected chi connectivity index (χ1v) is 13.0. The molecule has 1 N–H and O–H groups in total. The average Bonchev–Trinajstić information content (AvgIpc) is 3.70. The highest BCUT2D eigenvalue weighted by molar-refractivity contribution is 5.89. The van der Waals surface area contributed by atoms with E-state index in [1.165, 1.54) is 22.8 Å². The molecule has 0 saturated carbocycles. The minimum atomic E-state index is 0.00575. The first kappa shape index (κ1) is 23.3. The quantitative estimate of drug-likeness (QED) is 0.340. The van der Waals surface area contributed by atoms with Crippen LogP contribution in [0.15, 0.2) is 74.0 Å². The van der Waals surface area contributed by atoms with Crippen molar-refractivity contribution in [1.29, 1.82) is 0 Å². The molecule has 2 unspecified atom stereocenters. The van der Waals surface area contributed by atoms with Crippen molar-refractivity contribution in [3.63, 3.8) is 0 Å². The van der Waals surface area contributed by atoms with Crippen LogP contribution in [-0.4, -0.2) is 65.5 Å². The molecule has 2 saturated heterocycles. The lowest BCUT2D eigenvalue weighted by Gasteiger charge is -2.34. The predicted molar refractivity (Wildman–Crippen MR) is 149 cm³/mol. The summed E-state index contributed by atoms with van der Waals surface area (Å²) in [4.78, 5) is 34.6. The van der Waals surface area contributed by atoms with E-state index in [0.29, 0.717) is 12.4 Å². The normalized spacial score (nSPS) is 18.3. The van der Waals surface area contributed by atoms with Crippen molar-refractivity contribution in [3.8, 4) is 0 Å². The van der Waals surface area contributed by atoms with Gasteiger partial charge in [-0.2, -0.15) is 5.10 Å². The Balaban J connectivity index is 1.12. The Labute approximate surface area is 225 Å². The monoisotopic (exact) mass is 517 g/mol. The zero-order chi connectivity index (χ0) is 26.5. The van der Waals surface area contributed by atoms with Crippen molar-refractivity contribution < 1.29 is 4.79 Å². The summed E-state index contributed by atoms with van der Waals surface area (Å²) in [6.07, 6.45) is 8.23. The van der Waals surface area contributed by atoms with Gasteiger partial charge in [-0.3, -0.25) is 4.79 Å². The van der Waals surface area contributed by atoms with E-state index in [1.54, 1.807) is 17.2 Å². The lowest BCUT2D eigenvalue weighted by Crippen LogP contribution is -2.48. The van der Waals surface area contributed by atoms with Crippen molar-refractivity contribution in [2.24, 2.45) is 0 Å². The number of nitrogens with one attached hydrogen (secondary N) is 1. The fourth-order valence-corrected chi connectivity index (χ4v) is 5.81. The number of hydrogen-bond acceptors (Lipinski definition) is 8. The van der Waals surface area contributed by atoms with Crippen LogP contribution >= 0.6 is 0 Å². The predicted octanol–water partition coefficient (Wildman–Crippen LogP) is 3.69. The van der Waals surface area contributed by atoms with Gasteiger partial charge in [-0.15, -0.1) is 0 Å². The van der Waals surface area contributed by atoms with Crippen LogP contribution in [0.1, 0.15) is 23.1 Å². The second-order valence-electron chi connectivity index (χ2n) is 10.2. The molecule has 39 heavy (non-hydrogen) atoms. The summed E-state index contributed by atoms with van der Waals surface area (Å²) in [5.74, 6) is 1.56. The van der Waals surface area contributed by atoms with Crippen molar-refractivity contribution >= 4 is 39.9 Å². The Morgan fingerprint density at radius 3 is 2.82 bits per heavy atom. The van der Waals surface area contributed by atoms with Crippen molar-refractivity contribution in [2.75, 3.05) is 23.3 Å². The van der Waals surface area contributed by atoms with E-state index < -0.39 is 0 Å². The lowest BCUT2D eigenvalue weighted by atomic mass is 10.0. The zero-order valence-electron chi connectivity index (χ0n) is 21.5. The first-order chi connectivity index (χ1) is 19.1. The molecule has 2 aliphatic rings. The van der Waals surface area contributed by atoms with Crippen LogP contribution < -0.4 is 10.2 Å². The van der Waals surface area contributed by atoms with Crippen LogP contribution in [-0.2, 0) is 11.2 Å². The van der Waals surface area contributed by atoms with Gasteiger partial charge in [-0.05, 0) is 78.9 Å². The van der Waals surface area contributed by atoms with Crippen LogP contribution in [0.3, 0.4) is 0 Å². The van der Waals surface area contributed by atoms with Gasteiger partial charge in [0.25, 0.3) is 0 Å². The van der Waals surface area contributed by atoms with Crippen molar-refractivity contribution in [1.82, 2.24) is 34.4 Å². The molecule has 0 aliphatic carbocycles. The smallest absolute Gasteiger partial charge is 0.246 e. The summed E-state index contributed by atoms with van der Waals surface area (Å²) in [5.41, 5.74) is 6.89. The van der Waals surface area contributed by atoms with E-state index >= 15 is 0 Å². The Kier molecular flexibility index (Phi) is 5.46. The molecule has 2 atom stereocenters. The maximum Gasteiger partial charge on any atom is 0.246 e. The van der Waals surface area contributed by atoms with E-state index in [1.807, 2.05) is 23.2 Å². The van der Waals surface area contributed by atoms with E-state index in [0.717, 1.165) is 47.6 Å². The summed E-state index contributed by atoms with van der Waals surface area (Å²) in [5, 5.41) is 7.63. The molecule has 0 spiro atoms. The SMILES string of the molecule is C=CC(=O)N1CC2CC1CN2c1ccc2ncnc(Nc3ccc(Cc4ccn5ncnc5c4)c(C)c3)c2n1. The minimum absolute atomic E-state index is 0.00575. The third-order valence-corrected chi connectivity index (χ3v) is 7.80. The number of fused-ring (bicyclic) bond motifs is 4. The molecule has 10 heteroatoms. The fraction of sp³-hybridized carbons (Fsp3) is 0.241. The molecule has 1 aromatic carbocycles. The largest absolute Gasteiger partial charge is 0.350 e. The van der Waals surface area contributed by atoms with Gasteiger partial charge in [0.1, 0.15) is 24.0 Å². The van der Waals surface area contributed by atoms with Crippen LogP contribution in [0.2, 0.25) is 0 Å². The molecule has 2 aliphatic heterocycles. The number of likely N-dealkylation sites (tertiary alicyclic amines) is 1. The van der Waals surface area contributed by atoms with Gasteiger partial charge in [0.2, 0.25) is 5.91 Å². The average molecular weight is 518 g/mol. The molecule has 6 heterocycles. The highest BCUT2D eigenvalue weighted by Crippen LogP contribution is 2.35. The van der Waals surface area contributed by atoms with Gasteiger partial charge in [-0.1, -0.05) is 12.6 Å². The summed E-state index contributed by atoms with van der Waals surface area (Å²) in [6, 6.07) is 14.9. The van der Waals surface area contributed by atoms with Crippen LogP contribution in [0.25, 0.3) is 16.7 Å². The number of anilines is 3. The first-order valence-electron chi connectivity index (χ1n) is 13.0. The molecule has 2 fully saturated rings. The molecule has 1 amide bonds. The molecule has 4 aromatic heterocycles. The van der Waals surface area contributed by atoms with E-state index in [2.05, 4.69) is 74.1 Å². The van der Waals surface area contributed by atoms with Gasteiger partial charge in [-0.25, -0.2) is 24.5 Å².